The number of aromatic carboxylic acids is 1. The number of carbonyl (C=O) groups is 1. The Morgan fingerprint density at radius 2 is 1.90 bits per heavy atom. The first kappa shape index (κ1) is 16.4. The van der Waals surface area contributed by atoms with Gasteiger partial charge in [-0.2, -0.15) is 13.2 Å². The van der Waals surface area contributed by atoms with Crippen LogP contribution in [-0.4, -0.2) is 32.2 Å². The van der Waals surface area contributed by atoms with Crippen LogP contribution in [0.3, 0.4) is 0 Å². The molecule has 1 rings (SSSR count). The van der Waals surface area contributed by atoms with Gasteiger partial charge in [-0.1, -0.05) is 0 Å². The molecule has 0 aliphatic heterocycles. The maximum absolute atomic E-state index is 13.5. The fraction of sp³-hybridized carbons (Fsp3) is 0.300. The summed E-state index contributed by atoms with van der Waals surface area (Å²) >= 11 is 0. The molecule has 0 saturated heterocycles. The summed E-state index contributed by atoms with van der Waals surface area (Å²) in [4.78, 5) is 9.63. The minimum Gasteiger partial charge on any atom is -0.478 e. The molecule has 112 valence electrons. The van der Waals surface area contributed by atoms with E-state index in [0.29, 0.717) is 12.1 Å². The van der Waals surface area contributed by atoms with E-state index in [9.17, 15) is 30.8 Å². The Morgan fingerprint density at radius 3 is 2.35 bits per heavy atom. The second-order valence-electron chi connectivity index (χ2n) is 3.71. The minimum atomic E-state index is -4.55. The van der Waals surface area contributed by atoms with E-state index >= 15 is 0 Å². The van der Waals surface area contributed by atoms with Gasteiger partial charge in [0, 0.05) is 6.54 Å². The highest BCUT2D eigenvalue weighted by Gasteiger charge is 2.28. The Balaban J connectivity index is 2.91. The number of sulfonamides is 1. The highest BCUT2D eigenvalue weighted by atomic mass is 32.2. The quantitative estimate of drug-likeness (QED) is 0.811. The van der Waals surface area contributed by atoms with E-state index in [-0.39, 0.29) is 0 Å². The number of hydrogen-bond acceptors (Lipinski definition) is 3. The fourth-order valence-electron chi connectivity index (χ4n) is 1.26. The standard InChI is InChI=1S/C10H9F4NO4S/c11-7-5-6(9(16)17)1-2-8(7)20(18,19)15-4-3-10(12,13)14/h1-2,5,15H,3-4H2,(H,16,17). The molecule has 0 aliphatic carbocycles. The zero-order chi connectivity index (χ0) is 15.6. The van der Waals surface area contributed by atoms with Gasteiger partial charge in [0.15, 0.2) is 0 Å². The summed E-state index contributed by atoms with van der Waals surface area (Å²) in [5, 5.41) is 8.58. The molecule has 0 saturated carbocycles. The molecule has 10 heteroatoms. The van der Waals surface area contributed by atoms with Crippen molar-refractivity contribution in [2.75, 3.05) is 6.54 Å². The van der Waals surface area contributed by atoms with Gasteiger partial charge in [0.2, 0.25) is 10.0 Å². The Bertz CT molecular complexity index is 612. The van der Waals surface area contributed by atoms with Crippen LogP contribution in [0.4, 0.5) is 17.6 Å². The highest BCUT2D eigenvalue weighted by Crippen LogP contribution is 2.20. The number of halogens is 4. The van der Waals surface area contributed by atoms with Gasteiger partial charge in [0.1, 0.15) is 10.7 Å². The number of rotatable bonds is 5. The first-order chi connectivity index (χ1) is 9.03. The molecule has 2 N–H and O–H groups in total. The van der Waals surface area contributed by atoms with Crippen molar-refractivity contribution in [2.45, 2.75) is 17.5 Å². The van der Waals surface area contributed by atoms with E-state index in [1.54, 1.807) is 4.72 Å². The van der Waals surface area contributed by atoms with Crippen LogP contribution in [0, 0.1) is 5.82 Å². The SMILES string of the molecule is O=C(O)c1ccc(S(=O)(=O)NCCC(F)(F)F)c(F)c1. The topological polar surface area (TPSA) is 83.5 Å². The molecule has 0 bridgehead atoms. The average Bonchev–Trinajstić information content (AvgIpc) is 2.26. The van der Waals surface area contributed by atoms with E-state index in [1.807, 2.05) is 0 Å². The third-order valence-electron chi connectivity index (χ3n) is 2.17. The molecule has 5 nitrogen and oxygen atoms in total. The minimum absolute atomic E-state index is 0.473. The Labute approximate surface area is 111 Å². The maximum atomic E-state index is 13.5. The summed E-state index contributed by atoms with van der Waals surface area (Å²) in [5.74, 6) is -2.82. The van der Waals surface area contributed by atoms with Gasteiger partial charge in [0.25, 0.3) is 0 Å². The van der Waals surface area contributed by atoms with Crippen molar-refractivity contribution in [3.63, 3.8) is 0 Å². The number of nitrogens with one attached hydrogen (secondary N) is 1. The van der Waals surface area contributed by atoms with Crippen LogP contribution < -0.4 is 4.72 Å². The predicted molar refractivity (Wildman–Crippen MR) is 59.2 cm³/mol. The first-order valence-corrected chi connectivity index (χ1v) is 6.60. The lowest BCUT2D eigenvalue weighted by Crippen LogP contribution is -2.28. The summed E-state index contributed by atoms with van der Waals surface area (Å²) in [5.41, 5.74) is -0.475. The van der Waals surface area contributed by atoms with Crippen LogP contribution in [-0.2, 0) is 10.0 Å². The number of carboxylic acid groups (broad SMARTS) is 1. The van der Waals surface area contributed by atoms with E-state index in [1.165, 1.54) is 0 Å². The second kappa shape index (κ2) is 5.75. The molecule has 0 fully saturated rings. The number of hydrogen-bond donors (Lipinski definition) is 2. The Hall–Kier alpha value is -1.68. The zero-order valence-electron chi connectivity index (χ0n) is 9.74. The lowest BCUT2D eigenvalue weighted by Gasteiger charge is -2.09. The Morgan fingerprint density at radius 1 is 1.30 bits per heavy atom. The Kier molecular flexibility index (Phi) is 4.71. The number of alkyl halides is 3. The number of benzene rings is 1. The van der Waals surface area contributed by atoms with Crippen molar-refractivity contribution in [1.29, 1.82) is 0 Å². The van der Waals surface area contributed by atoms with Crippen LogP contribution in [0.5, 0.6) is 0 Å². The molecule has 0 radical (unpaired) electrons. The van der Waals surface area contributed by atoms with Crippen molar-refractivity contribution in [3.05, 3.63) is 29.6 Å². The van der Waals surface area contributed by atoms with Crippen molar-refractivity contribution in [2.24, 2.45) is 0 Å². The molecule has 1 aromatic carbocycles. The van der Waals surface area contributed by atoms with Crippen LogP contribution >= 0.6 is 0 Å². The van der Waals surface area contributed by atoms with Crippen molar-refractivity contribution in [1.82, 2.24) is 4.72 Å². The molecule has 20 heavy (non-hydrogen) atoms. The van der Waals surface area contributed by atoms with Crippen molar-refractivity contribution >= 4 is 16.0 Å². The molecule has 0 atom stereocenters. The van der Waals surface area contributed by atoms with Gasteiger partial charge < -0.3 is 5.11 Å². The van der Waals surface area contributed by atoms with Gasteiger partial charge in [0.05, 0.1) is 12.0 Å². The highest BCUT2D eigenvalue weighted by molar-refractivity contribution is 7.89. The molecule has 1 aromatic rings. The van der Waals surface area contributed by atoms with Gasteiger partial charge in [-0.05, 0) is 18.2 Å². The maximum Gasteiger partial charge on any atom is 0.390 e. The fourth-order valence-corrected chi connectivity index (χ4v) is 2.35. The van der Waals surface area contributed by atoms with Crippen LogP contribution in [0.15, 0.2) is 23.1 Å². The molecule has 0 aliphatic rings. The van der Waals surface area contributed by atoms with Crippen LogP contribution in [0.25, 0.3) is 0 Å². The van der Waals surface area contributed by atoms with E-state index in [0.717, 1.165) is 6.07 Å². The van der Waals surface area contributed by atoms with Gasteiger partial charge >= 0.3 is 12.1 Å². The smallest absolute Gasteiger partial charge is 0.390 e. The molecular weight excluding hydrogens is 306 g/mol. The van der Waals surface area contributed by atoms with E-state index < -0.39 is 51.4 Å². The lowest BCUT2D eigenvalue weighted by atomic mass is 10.2. The largest absolute Gasteiger partial charge is 0.478 e. The van der Waals surface area contributed by atoms with Gasteiger partial charge in [-0.15, -0.1) is 0 Å². The summed E-state index contributed by atoms with van der Waals surface area (Å²) in [6, 6.07) is 1.99. The second-order valence-corrected chi connectivity index (χ2v) is 5.45. The molecule has 0 aromatic heterocycles. The molecule has 0 unspecified atom stereocenters. The summed E-state index contributed by atoms with van der Waals surface area (Å²) < 4.78 is 73.8. The normalized spacial score (nSPS) is 12.4. The lowest BCUT2D eigenvalue weighted by molar-refractivity contribution is -0.132. The van der Waals surface area contributed by atoms with Gasteiger partial charge in [-0.3, -0.25) is 0 Å². The number of carboxylic acids is 1. The van der Waals surface area contributed by atoms with Gasteiger partial charge in [-0.25, -0.2) is 22.3 Å². The average molecular weight is 315 g/mol. The summed E-state index contributed by atoms with van der Waals surface area (Å²) in [7, 11) is -4.47. The van der Waals surface area contributed by atoms with E-state index in [4.69, 9.17) is 5.11 Å². The molecular formula is C10H9F4NO4S. The van der Waals surface area contributed by atoms with Crippen molar-refractivity contribution < 1.29 is 35.9 Å². The predicted octanol–water partition coefficient (Wildman–Crippen LogP) is 1.75. The molecule has 0 amide bonds. The summed E-state index contributed by atoms with van der Waals surface area (Å²) in [6.45, 7) is -0.939. The zero-order valence-corrected chi connectivity index (χ0v) is 10.6. The van der Waals surface area contributed by atoms with Crippen LogP contribution in [0.2, 0.25) is 0 Å². The third-order valence-corrected chi connectivity index (χ3v) is 3.66. The molecule has 0 spiro atoms. The monoisotopic (exact) mass is 315 g/mol. The first-order valence-electron chi connectivity index (χ1n) is 5.12. The summed E-state index contributed by atoms with van der Waals surface area (Å²) in [6.07, 6.45) is -5.95. The van der Waals surface area contributed by atoms with Crippen molar-refractivity contribution in [3.8, 4) is 0 Å². The van der Waals surface area contributed by atoms with Crippen LogP contribution in [0.1, 0.15) is 16.8 Å². The molecule has 0 heterocycles. The third kappa shape index (κ3) is 4.46. The van der Waals surface area contributed by atoms with E-state index in [2.05, 4.69) is 0 Å².